The average Bonchev–Trinajstić information content (AvgIpc) is 2.73. The van der Waals surface area contributed by atoms with Crippen LogP contribution in [0.25, 0.3) is 0 Å². The predicted octanol–water partition coefficient (Wildman–Crippen LogP) is 4.17. The molecular formula is C22H24ClFN2O3S. The van der Waals surface area contributed by atoms with Crippen molar-refractivity contribution in [3.63, 3.8) is 0 Å². The minimum Gasteiger partial charge on any atom is -0.309 e. The Balaban J connectivity index is 1.48. The molecule has 30 heavy (non-hydrogen) atoms. The van der Waals surface area contributed by atoms with Gasteiger partial charge in [0, 0.05) is 30.6 Å². The molecule has 0 bridgehead atoms. The van der Waals surface area contributed by atoms with Gasteiger partial charge in [-0.05, 0) is 74.1 Å². The Bertz CT molecular complexity index is 1060. The smallest absolute Gasteiger partial charge is 0.243 e. The van der Waals surface area contributed by atoms with Crippen molar-refractivity contribution in [2.45, 2.75) is 37.5 Å². The SMILES string of the molecule is Cc1cc(F)c2c(c1)CCCN2C(=O)C1CCN(S(=O)(=O)c2ccc(Cl)cc2)CC1. The summed E-state index contributed by atoms with van der Waals surface area (Å²) in [6, 6.07) is 9.49. The topological polar surface area (TPSA) is 57.7 Å². The third-order valence-corrected chi connectivity index (χ3v) is 8.07. The molecule has 1 amide bonds. The molecule has 2 aromatic carbocycles. The molecule has 0 radical (unpaired) electrons. The standard InChI is InChI=1S/C22H24ClFN2O3S/c1-15-13-17-3-2-10-26(21(17)20(24)14-15)22(27)16-8-11-25(12-9-16)30(28,29)19-6-4-18(23)5-7-19/h4-7,13-14,16H,2-3,8-12H2,1H3. The number of piperidine rings is 1. The van der Waals surface area contributed by atoms with E-state index in [1.165, 1.54) is 22.5 Å². The molecule has 1 saturated heterocycles. The molecule has 2 aliphatic rings. The number of anilines is 1. The molecule has 160 valence electrons. The summed E-state index contributed by atoms with van der Waals surface area (Å²) < 4.78 is 41.8. The fraction of sp³-hybridized carbons (Fsp3) is 0.409. The quantitative estimate of drug-likeness (QED) is 0.705. The van der Waals surface area contributed by atoms with Gasteiger partial charge in [0.05, 0.1) is 10.6 Å². The van der Waals surface area contributed by atoms with Gasteiger partial charge in [-0.3, -0.25) is 4.79 Å². The number of hydrogen-bond donors (Lipinski definition) is 0. The maximum absolute atomic E-state index is 14.7. The van der Waals surface area contributed by atoms with E-state index < -0.39 is 10.0 Å². The van der Waals surface area contributed by atoms with E-state index in [2.05, 4.69) is 0 Å². The molecule has 2 heterocycles. The normalized spacial score (nSPS) is 18.3. The van der Waals surface area contributed by atoms with Crippen molar-refractivity contribution in [2.75, 3.05) is 24.5 Å². The van der Waals surface area contributed by atoms with Crippen molar-refractivity contribution in [3.05, 3.63) is 58.4 Å². The van der Waals surface area contributed by atoms with E-state index in [4.69, 9.17) is 11.6 Å². The summed E-state index contributed by atoms with van der Waals surface area (Å²) in [6.45, 7) is 2.87. The molecule has 1 fully saturated rings. The van der Waals surface area contributed by atoms with Crippen molar-refractivity contribution in [1.29, 1.82) is 0 Å². The largest absolute Gasteiger partial charge is 0.309 e. The Kier molecular flexibility index (Phi) is 5.88. The zero-order chi connectivity index (χ0) is 21.5. The van der Waals surface area contributed by atoms with Crippen LogP contribution in [0.4, 0.5) is 10.1 Å². The van der Waals surface area contributed by atoms with Gasteiger partial charge in [-0.15, -0.1) is 0 Å². The molecule has 8 heteroatoms. The molecule has 0 atom stereocenters. The average molecular weight is 451 g/mol. The number of benzene rings is 2. The number of sulfonamides is 1. The summed E-state index contributed by atoms with van der Waals surface area (Å²) in [4.78, 5) is 15.0. The molecule has 0 unspecified atom stereocenters. The molecule has 0 spiro atoms. The monoisotopic (exact) mass is 450 g/mol. The molecule has 0 aromatic heterocycles. The molecule has 2 aromatic rings. The van der Waals surface area contributed by atoms with Gasteiger partial charge < -0.3 is 4.90 Å². The highest BCUT2D eigenvalue weighted by atomic mass is 35.5. The van der Waals surface area contributed by atoms with Crippen molar-refractivity contribution >= 4 is 33.2 Å². The number of rotatable bonds is 3. The molecule has 2 aliphatic heterocycles. The van der Waals surface area contributed by atoms with Crippen LogP contribution in [0.1, 0.15) is 30.4 Å². The first-order valence-corrected chi connectivity index (χ1v) is 12.0. The summed E-state index contributed by atoms with van der Waals surface area (Å²) in [5.74, 6) is -0.781. The Morgan fingerprint density at radius 2 is 1.77 bits per heavy atom. The van der Waals surface area contributed by atoms with Crippen molar-refractivity contribution in [1.82, 2.24) is 4.31 Å². The van der Waals surface area contributed by atoms with Crippen LogP contribution in [-0.4, -0.2) is 38.3 Å². The molecule has 5 nitrogen and oxygen atoms in total. The lowest BCUT2D eigenvalue weighted by Gasteiger charge is -2.36. The van der Waals surface area contributed by atoms with Gasteiger partial charge in [0.2, 0.25) is 15.9 Å². The van der Waals surface area contributed by atoms with Gasteiger partial charge >= 0.3 is 0 Å². The molecular weight excluding hydrogens is 427 g/mol. The van der Waals surface area contributed by atoms with E-state index in [-0.39, 0.29) is 35.6 Å². The van der Waals surface area contributed by atoms with Crippen molar-refractivity contribution < 1.29 is 17.6 Å². The second-order valence-corrected chi connectivity index (χ2v) is 10.4. The van der Waals surface area contributed by atoms with E-state index in [1.54, 1.807) is 17.0 Å². The fourth-order valence-electron chi connectivity index (χ4n) is 4.38. The first kappa shape index (κ1) is 21.3. The maximum atomic E-state index is 14.7. The van der Waals surface area contributed by atoms with Crippen LogP contribution < -0.4 is 4.90 Å². The highest BCUT2D eigenvalue weighted by Gasteiger charge is 2.36. The van der Waals surface area contributed by atoms with E-state index in [0.717, 1.165) is 24.0 Å². The minimum atomic E-state index is -3.62. The highest BCUT2D eigenvalue weighted by Crippen LogP contribution is 2.34. The van der Waals surface area contributed by atoms with Crippen LogP contribution in [0.2, 0.25) is 5.02 Å². The number of carbonyl (C=O) groups excluding carboxylic acids is 1. The summed E-state index contributed by atoms with van der Waals surface area (Å²) in [5, 5.41) is 0.475. The number of nitrogens with zero attached hydrogens (tertiary/aromatic N) is 2. The number of carbonyl (C=O) groups is 1. The summed E-state index contributed by atoms with van der Waals surface area (Å²) in [6.07, 6.45) is 2.40. The van der Waals surface area contributed by atoms with Gasteiger partial charge in [-0.25, -0.2) is 12.8 Å². The van der Waals surface area contributed by atoms with Crippen LogP contribution in [0.3, 0.4) is 0 Å². The fourth-order valence-corrected chi connectivity index (χ4v) is 5.97. The second kappa shape index (κ2) is 8.29. The van der Waals surface area contributed by atoms with Gasteiger partial charge in [0.15, 0.2) is 0 Å². The van der Waals surface area contributed by atoms with Crippen LogP contribution in [-0.2, 0) is 21.2 Å². The number of hydrogen-bond acceptors (Lipinski definition) is 3. The summed E-state index contributed by atoms with van der Waals surface area (Å²) in [5.41, 5.74) is 2.11. The summed E-state index contributed by atoms with van der Waals surface area (Å²) in [7, 11) is -3.62. The van der Waals surface area contributed by atoms with E-state index in [9.17, 15) is 17.6 Å². The van der Waals surface area contributed by atoms with Gasteiger partial charge in [-0.1, -0.05) is 17.7 Å². The van der Waals surface area contributed by atoms with Crippen molar-refractivity contribution in [2.24, 2.45) is 5.92 Å². The first-order valence-electron chi connectivity index (χ1n) is 10.1. The van der Waals surface area contributed by atoms with Crippen LogP contribution >= 0.6 is 11.6 Å². The predicted molar refractivity (Wildman–Crippen MR) is 115 cm³/mol. The zero-order valence-electron chi connectivity index (χ0n) is 16.8. The zero-order valence-corrected chi connectivity index (χ0v) is 18.3. The number of fused-ring (bicyclic) bond motifs is 1. The Morgan fingerprint density at radius 1 is 1.10 bits per heavy atom. The van der Waals surface area contributed by atoms with Gasteiger partial charge in [0.25, 0.3) is 0 Å². The first-order chi connectivity index (χ1) is 14.3. The maximum Gasteiger partial charge on any atom is 0.243 e. The molecule has 0 aliphatic carbocycles. The van der Waals surface area contributed by atoms with E-state index in [1.807, 2.05) is 13.0 Å². The van der Waals surface area contributed by atoms with Crippen LogP contribution in [0.5, 0.6) is 0 Å². The lowest BCUT2D eigenvalue weighted by Crippen LogP contribution is -2.46. The minimum absolute atomic E-state index is 0.109. The molecule has 0 saturated carbocycles. The van der Waals surface area contributed by atoms with Crippen LogP contribution in [0.15, 0.2) is 41.3 Å². The lowest BCUT2D eigenvalue weighted by molar-refractivity contribution is -0.123. The third-order valence-electron chi connectivity index (χ3n) is 5.91. The number of amides is 1. The Morgan fingerprint density at radius 3 is 2.43 bits per heavy atom. The van der Waals surface area contributed by atoms with Crippen molar-refractivity contribution in [3.8, 4) is 0 Å². The third kappa shape index (κ3) is 3.98. The highest BCUT2D eigenvalue weighted by molar-refractivity contribution is 7.89. The second-order valence-electron chi connectivity index (χ2n) is 7.98. The molecule has 4 rings (SSSR count). The lowest BCUT2D eigenvalue weighted by atomic mass is 9.93. The summed E-state index contributed by atoms with van der Waals surface area (Å²) >= 11 is 5.85. The van der Waals surface area contributed by atoms with Crippen LogP contribution in [0, 0.1) is 18.7 Å². The Hall–Kier alpha value is -1.96. The Labute approximate surface area is 181 Å². The van der Waals surface area contributed by atoms with Gasteiger partial charge in [0.1, 0.15) is 5.82 Å². The molecule has 0 N–H and O–H groups in total. The number of aryl methyl sites for hydroxylation is 2. The number of halogens is 2. The van der Waals surface area contributed by atoms with Gasteiger partial charge in [-0.2, -0.15) is 4.31 Å². The van der Waals surface area contributed by atoms with E-state index in [0.29, 0.717) is 30.1 Å². The van der Waals surface area contributed by atoms with E-state index >= 15 is 0 Å².